The largest absolute Gasteiger partial charge is 0.496 e. The van der Waals surface area contributed by atoms with E-state index in [1.165, 1.54) is 10.6 Å². The van der Waals surface area contributed by atoms with Crippen molar-refractivity contribution in [1.82, 2.24) is 15.1 Å². The second-order valence-electron chi connectivity index (χ2n) is 4.60. The van der Waals surface area contributed by atoms with Gasteiger partial charge in [0, 0.05) is 29.3 Å². The highest BCUT2D eigenvalue weighted by Gasteiger charge is 2.19. The van der Waals surface area contributed by atoms with Crippen molar-refractivity contribution in [2.45, 2.75) is 32.9 Å². The molecule has 0 saturated heterocycles. The molecule has 4 nitrogen and oxygen atoms in total. The number of nitrogens with zero attached hydrogens (tertiary/aromatic N) is 2. The Labute approximate surface area is 132 Å². The normalized spacial score (nSPS) is 12.7. The van der Waals surface area contributed by atoms with E-state index >= 15 is 0 Å². The molecule has 1 N–H and O–H groups in total. The monoisotopic (exact) mass is 357 g/mol. The number of methoxy groups -OCH3 is 1. The molecule has 0 fully saturated rings. The van der Waals surface area contributed by atoms with Crippen molar-refractivity contribution in [1.29, 1.82) is 0 Å². The van der Waals surface area contributed by atoms with E-state index in [9.17, 15) is 0 Å². The molecule has 0 aliphatic carbocycles. The van der Waals surface area contributed by atoms with Gasteiger partial charge in [0.2, 0.25) is 0 Å². The third kappa shape index (κ3) is 3.07. The summed E-state index contributed by atoms with van der Waals surface area (Å²) in [5.74, 6) is 0.921. The number of halogens is 1. The zero-order valence-corrected chi connectivity index (χ0v) is 14.6. The van der Waals surface area contributed by atoms with E-state index in [1.54, 1.807) is 18.4 Å². The maximum atomic E-state index is 5.27. The van der Waals surface area contributed by atoms with Crippen LogP contribution >= 0.6 is 27.3 Å². The van der Waals surface area contributed by atoms with Crippen LogP contribution in [-0.2, 0) is 13.0 Å². The number of ether oxygens (including phenoxy) is 1. The summed E-state index contributed by atoms with van der Waals surface area (Å²) in [6, 6.07) is 2.36. The van der Waals surface area contributed by atoms with Gasteiger partial charge in [0.15, 0.2) is 0 Å². The Morgan fingerprint density at radius 2 is 2.30 bits per heavy atom. The van der Waals surface area contributed by atoms with Gasteiger partial charge in [-0.05, 0) is 42.9 Å². The lowest BCUT2D eigenvalue weighted by atomic mass is 10.1. The van der Waals surface area contributed by atoms with Crippen molar-refractivity contribution in [3.8, 4) is 5.75 Å². The number of likely N-dealkylation sites (N-methyl/N-ethyl adjacent to an activating group) is 1. The lowest BCUT2D eigenvalue weighted by Gasteiger charge is -2.15. The fraction of sp³-hybridized carbons (Fsp3) is 0.500. The molecule has 2 aromatic heterocycles. The van der Waals surface area contributed by atoms with Gasteiger partial charge < -0.3 is 10.1 Å². The summed E-state index contributed by atoms with van der Waals surface area (Å²) < 4.78 is 8.45. The Bertz CT molecular complexity index is 579. The number of hydrogen-bond acceptors (Lipinski definition) is 4. The second-order valence-corrected chi connectivity index (χ2v) is 6.33. The first-order chi connectivity index (χ1) is 9.60. The summed E-state index contributed by atoms with van der Waals surface area (Å²) in [6.45, 7) is 5.03. The van der Waals surface area contributed by atoms with Crippen molar-refractivity contribution in [2.75, 3.05) is 14.2 Å². The lowest BCUT2D eigenvalue weighted by molar-refractivity contribution is 0.416. The average Bonchev–Trinajstić information content (AvgIpc) is 3.03. The maximum absolute atomic E-state index is 5.27. The van der Waals surface area contributed by atoms with Gasteiger partial charge in [-0.1, -0.05) is 0 Å². The molecule has 0 bridgehead atoms. The Hall–Kier alpha value is -0.850. The average molecular weight is 358 g/mol. The summed E-state index contributed by atoms with van der Waals surface area (Å²) in [4.78, 5) is 1.28. The molecule has 0 radical (unpaired) electrons. The zero-order valence-electron chi connectivity index (χ0n) is 12.2. The molecule has 0 amide bonds. The van der Waals surface area contributed by atoms with Gasteiger partial charge in [0.25, 0.3) is 0 Å². The van der Waals surface area contributed by atoms with Crippen LogP contribution in [0.4, 0.5) is 0 Å². The number of aromatic nitrogens is 2. The van der Waals surface area contributed by atoms with Gasteiger partial charge in [0.05, 0.1) is 23.0 Å². The van der Waals surface area contributed by atoms with Crippen LogP contribution in [0.25, 0.3) is 0 Å². The van der Waals surface area contributed by atoms with Crippen LogP contribution in [0.15, 0.2) is 15.9 Å². The topological polar surface area (TPSA) is 39.1 Å². The number of thiophene rings is 1. The lowest BCUT2D eigenvalue weighted by Crippen LogP contribution is -2.19. The summed E-state index contributed by atoms with van der Waals surface area (Å²) in [5, 5.41) is 9.98. The highest BCUT2D eigenvalue weighted by atomic mass is 79.9. The van der Waals surface area contributed by atoms with E-state index in [2.05, 4.69) is 44.0 Å². The standard InChI is InChI=1S/C14H20BrN3OS/c1-5-18-12(14(15)9(2)17-18)7-11(16-3)13-6-10(19-4)8-20-13/h6,8,11,16H,5,7H2,1-4H3. The summed E-state index contributed by atoms with van der Waals surface area (Å²) in [7, 11) is 3.69. The molecule has 6 heteroatoms. The molecule has 0 aliphatic heterocycles. The van der Waals surface area contributed by atoms with Gasteiger partial charge >= 0.3 is 0 Å². The van der Waals surface area contributed by atoms with Crippen LogP contribution in [0.2, 0.25) is 0 Å². The minimum atomic E-state index is 0.265. The minimum absolute atomic E-state index is 0.265. The number of hydrogen-bond donors (Lipinski definition) is 1. The second kappa shape index (κ2) is 6.74. The minimum Gasteiger partial charge on any atom is -0.496 e. The predicted molar refractivity (Wildman–Crippen MR) is 86.7 cm³/mol. The Balaban J connectivity index is 2.26. The van der Waals surface area contributed by atoms with Gasteiger partial charge in [0.1, 0.15) is 5.75 Å². The molecule has 0 spiro atoms. The van der Waals surface area contributed by atoms with Crippen molar-refractivity contribution in [3.05, 3.63) is 32.2 Å². The zero-order chi connectivity index (χ0) is 14.7. The molecule has 0 aromatic carbocycles. The van der Waals surface area contributed by atoms with E-state index in [1.807, 2.05) is 19.4 Å². The van der Waals surface area contributed by atoms with E-state index < -0.39 is 0 Å². The van der Waals surface area contributed by atoms with E-state index in [-0.39, 0.29) is 6.04 Å². The molecule has 2 rings (SSSR count). The maximum Gasteiger partial charge on any atom is 0.129 e. The molecule has 0 saturated carbocycles. The smallest absolute Gasteiger partial charge is 0.129 e. The Kier molecular flexibility index (Phi) is 5.23. The van der Waals surface area contributed by atoms with Crippen LogP contribution in [-0.4, -0.2) is 23.9 Å². The first kappa shape index (κ1) is 15.5. The van der Waals surface area contributed by atoms with Crippen LogP contribution in [0.3, 0.4) is 0 Å². The molecular weight excluding hydrogens is 338 g/mol. The quantitative estimate of drug-likeness (QED) is 0.859. The molecule has 1 atom stereocenters. The first-order valence-electron chi connectivity index (χ1n) is 6.62. The SMILES string of the molecule is CCn1nc(C)c(Br)c1CC(NC)c1cc(OC)cs1. The first-order valence-corrected chi connectivity index (χ1v) is 8.29. The Morgan fingerprint density at radius 3 is 2.85 bits per heavy atom. The number of aryl methyl sites for hydroxylation is 2. The van der Waals surface area contributed by atoms with Gasteiger partial charge in [-0.3, -0.25) is 4.68 Å². The van der Waals surface area contributed by atoms with Gasteiger partial charge in [-0.25, -0.2) is 0 Å². The molecule has 0 aliphatic rings. The molecule has 2 heterocycles. The third-order valence-corrected chi connectivity index (χ3v) is 5.43. The van der Waals surface area contributed by atoms with Gasteiger partial charge in [-0.15, -0.1) is 11.3 Å². The number of rotatable bonds is 6. The van der Waals surface area contributed by atoms with Crippen LogP contribution in [0, 0.1) is 6.92 Å². The number of nitrogens with one attached hydrogen (secondary N) is 1. The van der Waals surface area contributed by atoms with Crippen LogP contribution < -0.4 is 10.1 Å². The van der Waals surface area contributed by atoms with Crippen LogP contribution in [0.1, 0.15) is 29.2 Å². The Morgan fingerprint density at radius 1 is 1.55 bits per heavy atom. The molecule has 1 unspecified atom stereocenters. The fourth-order valence-corrected chi connectivity index (χ4v) is 3.64. The van der Waals surface area contributed by atoms with E-state index in [0.717, 1.165) is 28.9 Å². The molecule has 2 aromatic rings. The summed E-state index contributed by atoms with van der Waals surface area (Å²) >= 11 is 5.38. The van der Waals surface area contributed by atoms with Crippen molar-refractivity contribution < 1.29 is 4.74 Å². The predicted octanol–water partition coefficient (Wildman–Crippen LogP) is 3.55. The van der Waals surface area contributed by atoms with E-state index in [4.69, 9.17) is 4.74 Å². The fourth-order valence-electron chi connectivity index (χ4n) is 2.23. The van der Waals surface area contributed by atoms with Crippen molar-refractivity contribution >= 4 is 27.3 Å². The third-order valence-electron chi connectivity index (χ3n) is 3.37. The summed E-state index contributed by atoms with van der Waals surface area (Å²) in [5.41, 5.74) is 2.28. The van der Waals surface area contributed by atoms with E-state index in [0.29, 0.717) is 0 Å². The molecule has 20 heavy (non-hydrogen) atoms. The summed E-state index contributed by atoms with van der Waals surface area (Å²) in [6.07, 6.45) is 0.898. The van der Waals surface area contributed by atoms with Crippen LogP contribution in [0.5, 0.6) is 5.75 Å². The van der Waals surface area contributed by atoms with Crippen molar-refractivity contribution in [2.24, 2.45) is 0 Å². The molecule has 110 valence electrons. The highest BCUT2D eigenvalue weighted by Crippen LogP contribution is 2.31. The molecular formula is C14H20BrN3OS. The van der Waals surface area contributed by atoms with Crippen molar-refractivity contribution in [3.63, 3.8) is 0 Å². The highest BCUT2D eigenvalue weighted by molar-refractivity contribution is 9.10. The van der Waals surface area contributed by atoms with Gasteiger partial charge in [-0.2, -0.15) is 5.10 Å².